The van der Waals surface area contributed by atoms with Gasteiger partial charge in [-0.3, -0.25) is 14.4 Å². The van der Waals surface area contributed by atoms with Gasteiger partial charge in [-0.2, -0.15) is 0 Å². The van der Waals surface area contributed by atoms with Crippen molar-refractivity contribution in [2.75, 3.05) is 11.4 Å². The van der Waals surface area contributed by atoms with E-state index in [0.29, 0.717) is 25.1 Å². The number of carbonyl (C=O) groups excluding carboxylic acids is 3. The van der Waals surface area contributed by atoms with E-state index in [1.165, 1.54) is 0 Å². The molecule has 1 aliphatic heterocycles. The van der Waals surface area contributed by atoms with Gasteiger partial charge >= 0.3 is 0 Å². The Kier molecular flexibility index (Phi) is 8.09. The second kappa shape index (κ2) is 11.2. The van der Waals surface area contributed by atoms with Crippen LogP contribution in [0.25, 0.3) is 10.8 Å². The molecule has 0 bridgehead atoms. The number of benzene rings is 3. The first-order chi connectivity index (χ1) is 17.3. The number of carbonyl (C=O) groups is 3. The van der Waals surface area contributed by atoms with Crippen LogP contribution < -0.4 is 10.2 Å². The largest absolute Gasteiger partial charge is 0.352 e. The van der Waals surface area contributed by atoms with Crippen LogP contribution in [0, 0.1) is 0 Å². The van der Waals surface area contributed by atoms with Crippen molar-refractivity contribution in [1.29, 1.82) is 0 Å². The molecule has 36 heavy (non-hydrogen) atoms. The summed E-state index contributed by atoms with van der Waals surface area (Å²) in [6.07, 6.45) is 1.57. The Hall–Kier alpha value is -3.19. The summed E-state index contributed by atoms with van der Waals surface area (Å²) in [5.74, 6) is -0.291. The maximum absolute atomic E-state index is 13.4. The molecular weight excluding hydrogens is 518 g/mol. The smallest absolute Gasteiger partial charge is 0.258 e. The first-order valence-electron chi connectivity index (χ1n) is 12.5. The monoisotopic (exact) mass is 549 g/mol. The summed E-state index contributed by atoms with van der Waals surface area (Å²) in [4.78, 5) is 42.8. The van der Waals surface area contributed by atoms with Gasteiger partial charge in [0.2, 0.25) is 11.8 Å². The Balaban J connectivity index is 1.46. The van der Waals surface area contributed by atoms with Crippen molar-refractivity contribution in [2.24, 2.45) is 0 Å². The summed E-state index contributed by atoms with van der Waals surface area (Å²) in [5.41, 5.74) is 2.56. The van der Waals surface area contributed by atoms with Crippen molar-refractivity contribution >= 4 is 50.1 Å². The molecule has 7 heteroatoms. The van der Waals surface area contributed by atoms with Crippen LogP contribution in [0.1, 0.15) is 56.0 Å². The van der Waals surface area contributed by atoms with Crippen LogP contribution in [-0.4, -0.2) is 41.2 Å². The van der Waals surface area contributed by atoms with Crippen LogP contribution in [0.5, 0.6) is 0 Å². The topological polar surface area (TPSA) is 69.7 Å². The molecule has 2 atom stereocenters. The normalized spacial score (nSPS) is 14.1. The molecule has 1 N–H and O–H groups in total. The average Bonchev–Trinajstić information content (AvgIpc) is 3.15. The van der Waals surface area contributed by atoms with Crippen LogP contribution in [0.15, 0.2) is 65.1 Å². The number of nitrogens with one attached hydrogen (secondary N) is 1. The van der Waals surface area contributed by atoms with Gasteiger partial charge in [-0.05, 0) is 61.9 Å². The fourth-order valence-electron chi connectivity index (χ4n) is 4.57. The Bertz CT molecular complexity index is 1270. The van der Waals surface area contributed by atoms with Gasteiger partial charge in [-0.15, -0.1) is 0 Å². The van der Waals surface area contributed by atoms with Crippen LogP contribution in [0.3, 0.4) is 0 Å². The number of hydrogen-bond donors (Lipinski definition) is 1. The predicted molar refractivity (Wildman–Crippen MR) is 147 cm³/mol. The lowest BCUT2D eigenvalue weighted by Crippen LogP contribution is -2.49. The van der Waals surface area contributed by atoms with E-state index in [2.05, 4.69) is 21.2 Å². The fourth-order valence-corrected chi connectivity index (χ4v) is 4.83. The molecule has 0 saturated carbocycles. The predicted octanol–water partition coefficient (Wildman–Crippen LogP) is 5.67. The molecule has 0 saturated heterocycles. The van der Waals surface area contributed by atoms with Gasteiger partial charge in [0.05, 0.1) is 5.69 Å². The molecule has 6 nitrogen and oxygen atoms in total. The number of amides is 3. The molecule has 0 fully saturated rings. The first-order valence-corrected chi connectivity index (χ1v) is 13.3. The van der Waals surface area contributed by atoms with Crippen molar-refractivity contribution in [2.45, 2.75) is 58.7 Å². The Morgan fingerprint density at radius 2 is 1.72 bits per heavy atom. The third-order valence-electron chi connectivity index (χ3n) is 6.86. The highest BCUT2D eigenvalue weighted by Gasteiger charge is 2.30. The highest BCUT2D eigenvalue weighted by molar-refractivity contribution is 9.10. The lowest BCUT2D eigenvalue weighted by molar-refractivity contribution is -0.140. The quantitative estimate of drug-likeness (QED) is 0.354. The molecule has 0 aromatic heterocycles. The van der Waals surface area contributed by atoms with E-state index in [4.69, 9.17) is 0 Å². The van der Waals surface area contributed by atoms with Crippen molar-refractivity contribution in [3.63, 3.8) is 0 Å². The maximum atomic E-state index is 13.4. The number of nitrogens with zero attached hydrogens (tertiary/aromatic N) is 2. The van der Waals surface area contributed by atoms with Gasteiger partial charge in [0, 0.05) is 41.0 Å². The molecule has 1 aliphatic rings. The van der Waals surface area contributed by atoms with Crippen LogP contribution in [-0.2, 0) is 16.1 Å². The number of rotatable bonds is 10. The van der Waals surface area contributed by atoms with Gasteiger partial charge in [0.25, 0.3) is 5.91 Å². The minimum Gasteiger partial charge on any atom is -0.352 e. The highest BCUT2D eigenvalue weighted by Crippen LogP contribution is 2.37. The third kappa shape index (κ3) is 5.46. The molecule has 0 radical (unpaired) electrons. The minimum absolute atomic E-state index is 0.0257. The lowest BCUT2D eigenvalue weighted by atomic mass is 10.1. The molecule has 3 amide bonds. The Morgan fingerprint density at radius 1 is 1.03 bits per heavy atom. The Labute approximate surface area is 220 Å². The fraction of sp³-hybridized carbons (Fsp3) is 0.345. The van der Waals surface area contributed by atoms with E-state index < -0.39 is 6.04 Å². The van der Waals surface area contributed by atoms with E-state index in [1.54, 1.807) is 16.7 Å². The van der Waals surface area contributed by atoms with Gasteiger partial charge in [-0.1, -0.05) is 59.3 Å². The van der Waals surface area contributed by atoms with Crippen LogP contribution >= 0.6 is 15.9 Å². The summed E-state index contributed by atoms with van der Waals surface area (Å²) in [6, 6.07) is 18.9. The standard InChI is InChI=1S/C29H32BrN3O3/c1-4-19(2)31-28(35)20(3)33(18-21-13-15-23(30)16-14-21)26(34)12-7-17-32-25-11-6-9-22-8-5-10-24(27(22)25)29(32)36/h5-6,8-11,13-16,19-20H,4,7,12,17-18H2,1-3H3,(H,31,35). The zero-order valence-electron chi connectivity index (χ0n) is 21.0. The molecule has 4 rings (SSSR count). The lowest BCUT2D eigenvalue weighted by Gasteiger charge is -2.30. The summed E-state index contributed by atoms with van der Waals surface area (Å²) in [6.45, 7) is 6.53. The molecule has 0 spiro atoms. The molecule has 1 heterocycles. The zero-order valence-corrected chi connectivity index (χ0v) is 22.5. The third-order valence-corrected chi connectivity index (χ3v) is 7.38. The summed E-state index contributed by atoms with van der Waals surface area (Å²) in [5, 5.41) is 5.01. The van der Waals surface area contributed by atoms with Gasteiger partial charge in [-0.25, -0.2) is 0 Å². The van der Waals surface area contributed by atoms with E-state index in [1.807, 2.05) is 74.5 Å². The number of hydrogen-bond acceptors (Lipinski definition) is 3. The van der Waals surface area contributed by atoms with Crippen molar-refractivity contribution in [3.8, 4) is 0 Å². The molecule has 188 valence electrons. The van der Waals surface area contributed by atoms with Crippen LogP contribution in [0.2, 0.25) is 0 Å². The Morgan fingerprint density at radius 3 is 2.42 bits per heavy atom. The molecule has 3 aromatic carbocycles. The summed E-state index contributed by atoms with van der Waals surface area (Å²) in [7, 11) is 0. The highest BCUT2D eigenvalue weighted by atomic mass is 79.9. The minimum atomic E-state index is -0.610. The van der Waals surface area contributed by atoms with E-state index in [0.717, 1.165) is 32.9 Å². The second-order valence-electron chi connectivity index (χ2n) is 9.38. The van der Waals surface area contributed by atoms with Gasteiger partial charge in [0.1, 0.15) is 6.04 Å². The summed E-state index contributed by atoms with van der Waals surface area (Å²) >= 11 is 3.44. The number of anilines is 1. The molecule has 3 aromatic rings. The maximum Gasteiger partial charge on any atom is 0.258 e. The molecule has 2 unspecified atom stereocenters. The SMILES string of the molecule is CCC(C)NC(=O)C(C)N(Cc1ccc(Br)cc1)C(=O)CCCN1C(=O)c2cccc3cccc1c23. The van der Waals surface area contributed by atoms with Gasteiger partial charge in [0.15, 0.2) is 0 Å². The number of halogens is 1. The van der Waals surface area contributed by atoms with Crippen molar-refractivity contribution in [3.05, 3.63) is 76.3 Å². The van der Waals surface area contributed by atoms with E-state index in [-0.39, 0.29) is 30.2 Å². The summed E-state index contributed by atoms with van der Waals surface area (Å²) < 4.78 is 0.956. The second-order valence-corrected chi connectivity index (χ2v) is 10.3. The van der Waals surface area contributed by atoms with Gasteiger partial charge < -0.3 is 15.1 Å². The van der Waals surface area contributed by atoms with E-state index >= 15 is 0 Å². The van der Waals surface area contributed by atoms with Crippen LogP contribution in [0.4, 0.5) is 5.69 Å². The van der Waals surface area contributed by atoms with E-state index in [9.17, 15) is 14.4 Å². The molecular formula is C29H32BrN3O3. The first kappa shape index (κ1) is 25.9. The van der Waals surface area contributed by atoms with Crippen molar-refractivity contribution in [1.82, 2.24) is 10.2 Å². The zero-order chi connectivity index (χ0) is 25.8. The van der Waals surface area contributed by atoms with Crippen molar-refractivity contribution < 1.29 is 14.4 Å². The molecule has 0 aliphatic carbocycles. The average molecular weight is 550 g/mol.